The zero-order valence-electron chi connectivity index (χ0n) is 17.8. The van der Waals surface area contributed by atoms with Gasteiger partial charge < -0.3 is 11.1 Å². The van der Waals surface area contributed by atoms with Crippen LogP contribution in [0.5, 0.6) is 0 Å². The van der Waals surface area contributed by atoms with Crippen molar-refractivity contribution in [3.63, 3.8) is 0 Å². The molecule has 0 bridgehead atoms. The highest BCUT2D eigenvalue weighted by atomic mass is 32.2. The van der Waals surface area contributed by atoms with Gasteiger partial charge in [-0.1, -0.05) is 36.4 Å². The number of amidine groups is 1. The number of nitrogen functional groups attached to an aromatic ring is 1. The minimum Gasteiger partial charge on any atom is -0.384 e. The van der Waals surface area contributed by atoms with Crippen molar-refractivity contribution in [1.82, 2.24) is 9.97 Å². The van der Waals surface area contributed by atoms with Crippen molar-refractivity contribution in [2.75, 3.05) is 5.32 Å². The van der Waals surface area contributed by atoms with Gasteiger partial charge in [0, 0.05) is 34.6 Å². The van der Waals surface area contributed by atoms with E-state index in [1.165, 1.54) is 12.3 Å². The number of carbonyl (C=O) groups excluding carboxylic acids is 1. The third-order valence-corrected chi connectivity index (χ3v) is 5.98. The molecule has 0 radical (unpaired) electrons. The van der Waals surface area contributed by atoms with Crippen LogP contribution in [0.2, 0.25) is 0 Å². The van der Waals surface area contributed by atoms with E-state index in [-0.39, 0.29) is 16.5 Å². The van der Waals surface area contributed by atoms with Crippen molar-refractivity contribution in [2.24, 2.45) is 10.9 Å². The number of nitrogens with two attached hydrogens (primary N) is 2. The Morgan fingerprint density at radius 3 is 2.41 bits per heavy atom. The summed E-state index contributed by atoms with van der Waals surface area (Å²) in [6, 6.07) is 19.7. The summed E-state index contributed by atoms with van der Waals surface area (Å²) in [4.78, 5) is 21.6. The Bertz CT molecular complexity index is 1500. The van der Waals surface area contributed by atoms with E-state index in [1.807, 2.05) is 0 Å². The molecule has 6 N–H and O–H groups in total. The highest BCUT2D eigenvalue weighted by molar-refractivity contribution is 7.89. The number of sulfonamides is 1. The molecule has 0 unspecified atom stereocenters. The van der Waals surface area contributed by atoms with Crippen LogP contribution in [0, 0.1) is 5.41 Å². The molecule has 9 nitrogen and oxygen atoms in total. The smallest absolute Gasteiger partial charge is 0.259 e. The van der Waals surface area contributed by atoms with E-state index in [0.29, 0.717) is 33.5 Å². The van der Waals surface area contributed by atoms with E-state index in [1.54, 1.807) is 72.9 Å². The van der Waals surface area contributed by atoms with Crippen molar-refractivity contribution >= 4 is 27.6 Å². The number of hydrogen-bond donors (Lipinski definition) is 4. The van der Waals surface area contributed by atoms with Crippen LogP contribution < -0.4 is 16.2 Å². The molecule has 34 heavy (non-hydrogen) atoms. The van der Waals surface area contributed by atoms with Crippen LogP contribution in [0.25, 0.3) is 22.4 Å². The molecule has 0 aliphatic rings. The molecule has 0 aliphatic heterocycles. The third kappa shape index (κ3) is 4.82. The fraction of sp³-hybridized carbons (Fsp3) is 0. The van der Waals surface area contributed by atoms with Crippen LogP contribution >= 0.6 is 0 Å². The summed E-state index contributed by atoms with van der Waals surface area (Å²) in [6.45, 7) is 0. The second kappa shape index (κ2) is 9.22. The number of amides is 1. The Labute approximate surface area is 196 Å². The SMILES string of the molecule is N=C(N)c1cccc(-c2ncccc2C(=O)Nc2ccc(-c3ccccc3S(N)(=O)=O)cn2)c1. The van der Waals surface area contributed by atoms with Crippen LogP contribution in [0.3, 0.4) is 0 Å². The van der Waals surface area contributed by atoms with Gasteiger partial charge in [0.15, 0.2) is 0 Å². The van der Waals surface area contributed by atoms with Gasteiger partial charge in [-0.15, -0.1) is 0 Å². The van der Waals surface area contributed by atoms with Gasteiger partial charge in [-0.05, 0) is 36.4 Å². The number of pyridine rings is 2. The fourth-order valence-corrected chi connectivity index (χ4v) is 4.18. The minimum absolute atomic E-state index is 0.0126. The molecule has 0 fully saturated rings. The summed E-state index contributed by atoms with van der Waals surface area (Å²) in [5.74, 6) is -0.243. The molecule has 4 rings (SSSR count). The molecule has 170 valence electrons. The van der Waals surface area contributed by atoms with E-state index in [0.717, 1.165) is 0 Å². The average Bonchev–Trinajstić information content (AvgIpc) is 2.84. The monoisotopic (exact) mass is 472 g/mol. The summed E-state index contributed by atoms with van der Waals surface area (Å²) in [6.07, 6.45) is 3.03. The Hall–Kier alpha value is -4.41. The molecule has 0 spiro atoms. The van der Waals surface area contributed by atoms with E-state index in [9.17, 15) is 13.2 Å². The zero-order valence-corrected chi connectivity index (χ0v) is 18.6. The molecule has 2 aromatic carbocycles. The number of nitrogens with one attached hydrogen (secondary N) is 2. The second-order valence-corrected chi connectivity index (χ2v) is 8.85. The molecule has 2 heterocycles. The lowest BCUT2D eigenvalue weighted by Gasteiger charge is -2.11. The first-order valence-electron chi connectivity index (χ1n) is 10.0. The topological polar surface area (TPSA) is 165 Å². The summed E-state index contributed by atoms with van der Waals surface area (Å²) in [5.41, 5.74) is 8.43. The number of aromatic nitrogens is 2. The Morgan fingerprint density at radius 2 is 1.71 bits per heavy atom. The van der Waals surface area contributed by atoms with E-state index < -0.39 is 15.9 Å². The lowest BCUT2D eigenvalue weighted by Crippen LogP contribution is -2.15. The molecule has 0 saturated heterocycles. The zero-order chi connectivity index (χ0) is 24.3. The minimum atomic E-state index is -3.91. The van der Waals surface area contributed by atoms with Crippen molar-refractivity contribution in [3.8, 4) is 22.4 Å². The summed E-state index contributed by atoms with van der Waals surface area (Å²) in [5, 5.41) is 15.7. The van der Waals surface area contributed by atoms with Crippen molar-refractivity contribution < 1.29 is 13.2 Å². The van der Waals surface area contributed by atoms with E-state index >= 15 is 0 Å². The number of hydrogen-bond acceptors (Lipinski definition) is 6. The van der Waals surface area contributed by atoms with Gasteiger partial charge in [0.2, 0.25) is 10.0 Å². The molecule has 10 heteroatoms. The lowest BCUT2D eigenvalue weighted by atomic mass is 10.0. The van der Waals surface area contributed by atoms with Gasteiger partial charge in [-0.25, -0.2) is 18.5 Å². The predicted octanol–water partition coefficient (Wildman–Crippen LogP) is 2.99. The highest BCUT2D eigenvalue weighted by Crippen LogP contribution is 2.27. The van der Waals surface area contributed by atoms with Crippen LogP contribution in [0.1, 0.15) is 15.9 Å². The third-order valence-electron chi connectivity index (χ3n) is 5.01. The number of nitrogens with zero attached hydrogens (tertiary/aromatic N) is 2. The quantitative estimate of drug-likeness (QED) is 0.249. The van der Waals surface area contributed by atoms with Gasteiger partial charge in [0.1, 0.15) is 11.7 Å². The van der Waals surface area contributed by atoms with Gasteiger partial charge in [-0.3, -0.25) is 15.2 Å². The normalized spacial score (nSPS) is 11.1. The van der Waals surface area contributed by atoms with E-state index in [4.69, 9.17) is 16.3 Å². The summed E-state index contributed by atoms with van der Waals surface area (Å²) in [7, 11) is -3.91. The number of carbonyl (C=O) groups is 1. The van der Waals surface area contributed by atoms with Crippen LogP contribution in [0.15, 0.2) is 90.1 Å². The molecule has 0 saturated carbocycles. The van der Waals surface area contributed by atoms with Crippen LogP contribution in [0.4, 0.5) is 5.82 Å². The van der Waals surface area contributed by atoms with Crippen molar-refractivity contribution in [3.05, 3.63) is 96.3 Å². The first-order valence-corrected chi connectivity index (χ1v) is 11.6. The number of benzene rings is 2. The van der Waals surface area contributed by atoms with E-state index in [2.05, 4.69) is 15.3 Å². The van der Waals surface area contributed by atoms with Gasteiger partial charge in [-0.2, -0.15) is 0 Å². The van der Waals surface area contributed by atoms with Gasteiger partial charge in [0.05, 0.1) is 16.2 Å². The van der Waals surface area contributed by atoms with Gasteiger partial charge in [0.25, 0.3) is 5.91 Å². The van der Waals surface area contributed by atoms with Gasteiger partial charge >= 0.3 is 0 Å². The Balaban J connectivity index is 1.61. The molecule has 0 aliphatic carbocycles. The van der Waals surface area contributed by atoms with Crippen LogP contribution in [-0.2, 0) is 10.0 Å². The number of primary sulfonamides is 1. The Kier molecular flexibility index (Phi) is 6.17. The molecule has 1 amide bonds. The highest BCUT2D eigenvalue weighted by Gasteiger charge is 2.17. The number of anilines is 1. The maximum Gasteiger partial charge on any atom is 0.259 e. The Morgan fingerprint density at radius 1 is 0.912 bits per heavy atom. The molecular weight excluding hydrogens is 452 g/mol. The van der Waals surface area contributed by atoms with Crippen molar-refractivity contribution in [2.45, 2.75) is 4.90 Å². The molecular formula is C24H20N6O3S. The maximum absolute atomic E-state index is 13.0. The standard InChI is InChI=1S/C24H20N6O3S/c25-23(26)16-6-3-5-15(13-16)22-19(8-4-12-28-22)24(31)30-21-11-10-17(14-29-21)18-7-1-2-9-20(18)34(27,32)33/h1-14H,(H3,25,26)(H2,27,32,33)(H,29,30,31). The molecule has 2 aromatic heterocycles. The maximum atomic E-state index is 13.0. The summed E-state index contributed by atoms with van der Waals surface area (Å²) >= 11 is 0. The van der Waals surface area contributed by atoms with Crippen molar-refractivity contribution in [1.29, 1.82) is 5.41 Å². The fourth-order valence-electron chi connectivity index (χ4n) is 3.42. The number of rotatable bonds is 6. The first-order chi connectivity index (χ1) is 16.2. The predicted molar refractivity (Wildman–Crippen MR) is 130 cm³/mol. The largest absolute Gasteiger partial charge is 0.384 e. The average molecular weight is 473 g/mol. The molecule has 0 atom stereocenters. The molecule has 4 aromatic rings. The first kappa shape index (κ1) is 22.8. The second-order valence-electron chi connectivity index (χ2n) is 7.32. The summed E-state index contributed by atoms with van der Waals surface area (Å²) < 4.78 is 23.8. The van der Waals surface area contributed by atoms with Crippen LogP contribution in [-0.4, -0.2) is 30.1 Å². The lowest BCUT2D eigenvalue weighted by molar-refractivity contribution is 0.102.